The minimum absolute atomic E-state index is 0.125. The van der Waals surface area contributed by atoms with Gasteiger partial charge in [-0.25, -0.2) is 0 Å². The normalized spacial score (nSPS) is 11.1. The van der Waals surface area contributed by atoms with Crippen LogP contribution in [0.15, 0.2) is 18.2 Å². The number of rotatable bonds is 2. The fourth-order valence-electron chi connectivity index (χ4n) is 1.11. The Hall–Kier alpha value is -1.55. The molecule has 1 aromatic carbocycles. The number of carbonyl (C=O) groups is 2. The van der Waals surface area contributed by atoms with Gasteiger partial charge in [0.15, 0.2) is 0 Å². The zero-order valence-electron chi connectivity index (χ0n) is 10.0. The Morgan fingerprint density at radius 3 is 2.29 bits per heavy atom. The molecule has 0 aliphatic rings. The Morgan fingerprint density at radius 2 is 1.88 bits per heavy atom. The number of anilines is 1. The summed E-state index contributed by atoms with van der Waals surface area (Å²) >= 11 is 5.87. The minimum atomic E-state index is -0.594. The Labute approximate surface area is 105 Å². The van der Waals surface area contributed by atoms with Crippen LogP contribution in [-0.4, -0.2) is 11.8 Å². The molecule has 0 heterocycles. The molecule has 5 heteroatoms. The number of primary amides is 1. The second-order valence-corrected chi connectivity index (χ2v) is 5.17. The fraction of sp³-hybridized carbons (Fsp3) is 0.333. The van der Waals surface area contributed by atoms with Crippen LogP contribution in [0.2, 0.25) is 5.02 Å². The van der Waals surface area contributed by atoms with E-state index in [-0.39, 0.29) is 16.5 Å². The van der Waals surface area contributed by atoms with Gasteiger partial charge in [-0.2, -0.15) is 0 Å². The molecule has 0 spiro atoms. The molecular weight excluding hydrogens is 240 g/mol. The van der Waals surface area contributed by atoms with E-state index in [4.69, 9.17) is 17.3 Å². The SMILES string of the molecule is CC(C)(C)C(=O)Nc1ccc(C(N)=O)c(Cl)c1. The van der Waals surface area contributed by atoms with Gasteiger partial charge in [0.2, 0.25) is 11.8 Å². The van der Waals surface area contributed by atoms with Crippen molar-refractivity contribution in [2.45, 2.75) is 20.8 Å². The van der Waals surface area contributed by atoms with Crippen molar-refractivity contribution in [2.75, 3.05) is 5.32 Å². The maximum Gasteiger partial charge on any atom is 0.250 e. The molecule has 0 aromatic heterocycles. The molecule has 17 heavy (non-hydrogen) atoms. The third kappa shape index (κ3) is 3.46. The summed E-state index contributed by atoms with van der Waals surface area (Å²) in [5.41, 5.74) is 5.41. The van der Waals surface area contributed by atoms with E-state index in [2.05, 4.69) is 5.32 Å². The van der Waals surface area contributed by atoms with Crippen LogP contribution in [-0.2, 0) is 4.79 Å². The summed E-state index contributed by atoms with van der Waals surface area (Å²) < 4.78 is 0. The highest BCUT2D eigenvalue weighted by Crippen LogP contribution is 2.22. The van der Waals surface area contributed by atoms with E-state index in [1.54, 1.807) is 6.07 Å². The number of hydrogen-bond donors (Lipinski definition) is 2. The molecule has 0 bridgehead atoms. The van der Waals surface area contributed by atoms with Crippen LogP contribution in [0.5, 0.6) is 0 Å². The second-order valence-electron chi connectivity index (χ2n) is 4.76. The van der Waals surface area contributed by atoms with Crippen molar-refractivity contribution in [2.24, 2.45) is 11.1 Å². The highest BCUT2D eigenvalue weighted by molar-refractivity contribution is 6.34. The van der Waals surface area contributed by atoms with E-state index in [1.807, 2.05) is 20.8 Å². The number of amides is 2. The molecular formula is C12H15ClN2O2. The number of hydrogen-bond acceptors (Lipinski definition) is 2. The predicted molar refractivity (Wildman–Crippen MR) is 68.1 cm³/mol. The van der Waals surface area contributed by atoms with Gasteiger partial charge in [-0.05, 0) is 18.2 Å². The van der Waals surface area contributed by atoms with E-state index < -0.39 is 11.3 Å². The maximum absolute atomic E-state index is 11.7. The van der Waals surface area contributed by atoms with Gasteiger partial charge in [0.1, 0.15) is 0 Å². The molecule has 0 saturated carbocycles. The average Bonchev–Trinajstić information content (AvgIpc) is 2.15. The van der Waals surface area contributed by atoms with Gasteiger partial charge in [-0.15, -0.1) is 0 Å². The smallest absolute Gasteiger partial charge is 0.250 e. The summed E-state index contributed by atoms with van der Waals surface area (Å²) in [7, 11) is 0. The summed E-state index contributed by atoms with van der Waals surface area (Å²) in [6.07, 6.45) is 0. The lowest BCUT2D eigenvalue weighted by Gasteiger charge is -2.17. The van der Waals surface area contributed by atoms with Crippen LogP contribution in [0.1, 0.15) is 31.1 Å². The largest absolute Gasteiger partial charge is 0.366 e. The lowest BCUT2D eigenvalue weighted by atomic mass is 9.95. The molecule has 1 rings (SSSR count). The first-order valence-corrected chi connectivity index (χ1v) is 5.50. The van der Waals surface area contributed by atoms with Crippen LogP contribution in [0.4, 0.5) is 5.69 Å². The fourth-order valence-corrected chi connectivity index (χ4v) is 1.38. The van der Waals surface area contributed by atoms with Crippen molar-refractivity contribution in [3.8, 4) is 0 Å². The first-order valence-electron chi connectivity index (χ1n) is 5.12. The van der Waals surface area contributed by atoms with Crippen molar-refractivity contribution in [3.05, 3.63) is 28.8 Å². The quantitative estimate of drug-likeness (QED) is 0.851. The molecule has 3 N–H and O–H groups in total. The standard InChI is InChI=1S/C12H15ClN2O2/c1-12(2,3)11(17)15-7-4-5-8(10(14)16)9(13)6-7/h4-6H,1-3H3,(H2,14,16)(H,15,17). The van der Waals surface area contributed by atoms with E-state index in [1.165, 1.54) is 12.1 Å². The van der Waals surface area contributed by atoms with Crippen molar-refractivity contribution >= 4 is 29.1 Å². The molecule has 0 radical (unpaired) electrons. The molecule has 0 aliphatic heterocycles. The van der Waals surface area contributed by atoms with Crippen molar-refractivity contribution < 1.29 is 9.59 Å². The zero-order valence-corrected chi connectivity index (χ0v) is 10.8. The van der Waals surface area contributed by atoms with Gasteiger partial charge in [0.05, 0.1) is 10.6 Å². The summed E-state index contributed by atoms with van der Waals surface area (Å²) in [4.78, 5) is 22.7. The number of nitrogens with one attached hydrogen (secondary N) is 1. The Balaban J connectivity index is 2.92. The molecule has 0 aliphatic carbocycles. The van der Waals surface area contributed by atoms with Crippen LogP contribution in [0, 0.1) is 5.41 Å². The number of carbonyl (C=O) groups excluding carboxylic acids is 2. The maximum atomic E-state index is 11.7. The van der Waals surface area contributed by atoms with Crippen LogP contribution < -0.4 is 11.1 Å². The van der Waals surface area contributed by atoms with Crippen LogP contribution in [0.3, 0.4) is 0 Å². The van der Waals surface area contributed by atoms with E-state index in [0.717, 1.165) is 0 Å². The second kappa shape index (κ2) is 4.75. The number of nitrogens with two attached hydrogens (primary N) is 1. The van der Waals surface area contributed by atoms with Gasteiger partial charge in [-0.1, -0.05) is 32.4 Å². The minimum Gasteiger partial charge on any atom is -0.366 e. The molecule has 92 valence electrons. The monoisotopic (exact) mass is 254 g/mol. The van der Waals surface area contributed by atoms with E-state index >= 15 is 0 Å². The third-order valence-corrected chi connectivity index (χ3v) is 2.49. The average molecular weight is 255 g/mol. The van der Waals surface area contributed by atoms with E-state index in [9.17, 15) is 9.59 Å². The van der Waals surface area contributed by atoms with Gasteiger partial charge >= 0.3 is 0 Å². The predicted octanol–water partition coefficient (Wildman–Crippen LogP) is 2.42. The molecule has 4 nitrogen and oxygen atoms in total. The summed E-state index contributed by atoms with van der Waals surface area (Å²) in [6.45, 7) is 5.42. The number of benzene rings is 1. The molecule has 0 atom stereocenters. The molecule has 0 saturated heterocycles. The van der Waals surface area contributed by atoms with Crippen molar-refractivity contribution in [3.63, 3.8) is 0 Å². The lowest BCUT2D eigenvalue weighted by Crippen LogP contribution is -2.27. The first kappa shape index (κ1) is 13.5. The van der Waals surface area contributed by atoms with Crippen molar-refractivity contribution in [1.82, 2.24) is 0 Å². The molecule has 0 unspecified atom stereocenters. The van der Waals surface area contributed by atoms with Crippen LogP contribution >= 0.6 is 11.6 Å². The Morgan fingerprint density at radius 1 is 1.29 bits per heavy atom. The lowest BCUT2D eigenvalue weighted by molar-refractivity contribution is -0.123. The highest BCUT2D eigenvalue weighted by Gasteiger charge is 2.21. The molecule has 2 amide bonds. The topological polar surface area (TPSA) is 72.2 Å². The Kier molecular flexibility index (Phi) is 3.78. The Bertz CT molecular complexity index is 464. The van der Waals surface area contributed by atoms with E-state index in [0.29, 0.717) is 5.69 Å². The molecule has 0 fully saturated rings. The van der Waals surface area contributed by atoms with Gasteiger partial charge in [0.25, 0.3) is 0 Å². The third-order valence-electron chi connectivity index (χ3n) is 2.17. The highest BCUT2D eigenvalue weighted by atomic mass is 35.5. The van der Waals surface area contributed by atoms with Crippen molar-refractivity contribution in [1.29, 1.82) is 0 Å². The van der Waals surface area contributed by atoms with Gasteiger partial charge in [-0.3, -0.25) is 9.59 Å². The summed E-state index contributed by atoms with van der Waals surface area (Å²) in [5.74, 6) is -0.718. The summed E-state index contributed by atoms with van der Waals surface area (Å²) in [5, 5.41) is 2.94. The zero-order chi connectivity index (χ0) is 13.2. The summed E-state index contributed by atoms with van der Waals surface area (Å²) in [6, 6.07) is 4.59. The van der Waals surface area contributed by atoms with Gasteiger partial charge in [0, 0.05) is 11.1 Å². The first-order chi connectivity index (χ1) is 7.71. The van der Waals surface area contributed by atoms with Crippen LogP contribution in [0.25, 0.3) is 0 Å². The number of halogens is 1. The van der Waals surface area contributed by atoms with Gasteiger partial charge < -0.3 is 11.1 Å². The molecule has 1 aromatic rings.